The molecular weight excluding hydrogens is 340 g/mol. The Hall–Kier alpha value is -3.15. The number of carbonyl (C=O) groups excluding carboxylic acids is 2. The van der Waals surface area contributed by atoms with Gasteiger partial charge in [0.15, 0.2) is 0 Å². The molecule has 2 heterocycles. The number of amides is 2. The monoisotopic (exact) mass is 362 g/mol. The predicted molar refractivity (Wildman–Crippen MR) is 104 cm³/mol. The van der Waals surface area contributed by atoms with Crippen molar-refractivity contribution in [1.29, 1.82) is 0 Å². The molecule has 1 atom stereocenters. The Bertz CT molecular complexity index is 905. The quantitative estimate of drug-likeness (QED) is 0.860. The van der Waals surface area contributed by atoms with E-state index in [9.17, 15) is 9.59 Å². The lowest BCUT2D eigenvalue weighted by atomic mass is 10.00. The fraction of sp³-hybridized carbons (Fsp3) is 0.286. The lowest BCUT2D eigenvalue weighted by Crippen LogP contribution is -2.51. The molecule has 138 valence electrons. The lowest BCUT2D eigenvalue weighted by Gasteiger charge is -2.33. The first-order valence-electron chi connectivity index (χ1n) is 9.15. The minimum atomic E-state index is -0.716. The van der Waals surface area contributed by atoms with E-state index in [4.69, 9.17) is 0 Å². The molecule has 0 bridgehead atoms. The van der Waals surface area contributed by atoms with Crippen LogP contribution in [0.15, 0.2) is 53.5 Å². The molecule has 6 heteroatoms. The van der Waals surface area contributed by atoms with Crippen molar-refractivity contribution in [2.24, 2.45) is 4.99 Å². The molecule has 2 N–H and O–H groups in total. The number of fused-ring (bicyclic) bond motifs is 1. The highest BCUT2D eigenvalue weighted by Crippen LogP contribution is 2.20. The average molecular weight is 362 g/mol. The molecule has 2 aromatic carbocycles. The fourth-order valence-corrected chi connectivity index (χ4v) is 3.43. The highest BCUT2D eigenvalue weighted by molar-refractivity contribution is 6.06. The third kappa shape index (κ3) is 3.84. The molecule has 0 radical (unpaired) electrons. The van der Waals surface area contributed by atoms with Crippen molar-refractivity contribution in [2.45, 2.75) is 32.4 Å². The number of guanidine groups is 1. The number of nitrogens with one attached hydrogen (secondary N) is 2. The number of nitrogens with zero attached hydrogens (tertiary/aromatic N) is 2. The van der Waals surface area contributed by atoms with Crippen LogP contribution in [0.5, 0.6) is 0 Å². The number of hydrogen-bond donors (Lipinski definition) is 2. The Labute approximate surface area is 158 Å². The molecule has 2 amide bonds. The molecule has 27 heavy (non-hydrogen) atoms. The Balaban J connectivity index is 1.50. The number of rotatable bonds is 2. The second-order valence-electron chi connectivity index (χ2n) is 7.02. The van der Waals surface area contributed by atoms with Crippen LogP contribution in [0.3, 0.4) is 0 Å². The molecule has 0 fully saturated rings. The molecule has 0 saturated heterocycles. The summed E-state index contributed by atoms with van der Waals surface area (Å²) in [5.41, 5.74) is 4.38. The van der Waals surface area contributed by atoms with Crippen LogP contribution in [-0.2, 0) is 22.6 Å². The predicted octanol–water partition coefficient (Wildman–Crippen LogP) is 2.24. The van der Waals surface area contributed by atoms with Crippen LogP contribution in [-0.4, -0.2) is 35.3 Å². The molecule has 0 spiro atoms. The van der Waals surface area contributed by atoms with Gasteiger partial charge in [-0.3, -0.25) is 14.9 Å². The highest BCUT2D eigenvalue weighted by atomic mass is 16.2. The van der Waals surface area contributed by atoms with E-state index in [0.717, 1.165) is 18.5 Å². The van der Waals surface area contributed by atoms with Crippen LogP contribution >= 0.6 is 0 Å². The van der Waals surface area contributed by atoms with E-state index < -0.39 is 6.04 Å². The Kier molecular flexibility index (Phi) is 4.62. The largest absolute Gasteiger partial charge is 0.338 e. The number of anilines is 1. The first-order chi connectivity index (χ1) is 13.1. The van der Waals surface area contributed by atoms with Crippen molar-refractivity contribution >= 4 is 23.5 Å². The third-order valence-electron chi connectivity index (χ3n) is 4.96. The smallest absolute Gasteiger partial charge is 0.249 e. The van der Waals surface area contributed by atoms with Gasteiger partial charge in [0.25, 0.3) is 0 Å². The van der Waals surface area contributed by atoms with Gasteiger partial charge in [0.1, 0.15) is 6.04 Å². The van der Waals surface area contributed by atoms with Gasteiger partial charge in [-0.2, -0.15) is 0 Å². The lowest BCUT2D eigenvalue weighted by molar-refractivity contribution is -0.125. The maximum absolute atomic E-state index is 12.6. The molecular formula is C21H22N4O2. The maximum atomic E-state index is 12.6. The first-order valence-corrected chi connectivity index (χ1v) is 9.15. The van der Waals surface area contributed by atoms with Crippen molar-refractivity contribution in [3.63, 3.8) is 0 Å². The van der Waals surface area contributed by atoms with Gasteiger partial charge >= 0.3 is 0 Å². The molecule has 2 aliphatic rings. The third-order valence-corrected chi connectivity index (χ3v) is 4.96. The number of aryl methyl sites for hydroxylation is 1. The van der Waals surface area contributed by atoms with Crippen LogP contribution in [0.2, 0.25) is 0 Å². The number of benzene rings is 2. The van der Waals surface area contributed by atoms with E-state index in [1.807, 2.05) is 48.2 Å². The number of hydrogen-bond acceptors (Lipinski definition) is 4. The summed E-state index contributed by atoms with van der Waals surface area (Å²) in [5, 5.41) is 5.68. The van der Waals surface area contributed by atoms with E-state index in [1.165, 1.54) is 11.1 Å². The van der Waals surface area contributed by atoms with E-state index in [-0.39, 0.29) is 18.2 Å². The van der Waals surface area contributed by atoms with E-state index in [0.29, 0.717) is 18.2 Å². The van der Waals surface area contributed by atoms with Crippen molar-refractivity contribution in [3.8, 4) is 0 Å². The minimum Gasteiger partial charge on any atom is -0.338 e. The maximum Gasteiger partial charge on any atom is 0.249 e. The Morgan fingerprint density at radius 1 is 1.15 bits per heavy atom. The van der Waals surface area contributed by atoms with E-state index in [2.05, 4.69) is 27.8 Å². The topological polar surface area (TPSA) is 73.8 Å². The van der Waals surface area contributed by atoms with Crippen molar-refractivity contribution in [1.82, 2.24) is 10.2 Å². The summed E-state index contributed by atoms with van der Waals surface area (Å²) in [4.78, 5) is 31.4. The van der Waals surface area contributed by atoms with Gasteiger partial charge in [0.05, 0.1) is 6.42 Å². The molecule has 0 aliphatic carbocycles. The van der Waals surface area contributed by atoms with Crippen LogP contribution in [0, 0.1) is 6.92 Å². The summed E-state index contributed by atoms with van der Waals surface area (Å²) >= 11 is 0. The van der Waals surface area contributed by atoms with Gasteiger partial charge in [-0.25, -0.2) is 4.99 Å². The van der Waals surface area contributed by atoms with Gasteiger partial charge in [0, 0.05) is 18.8 Å². The summed E-state index contributed by atoms with van der Waals surface area (Å²) in [6, 6.07) is 15.1. The molecule has 2 aromatic rings. The van der Waals surface area contributed by atoms with Crippen LogP contribution in [0.4, 0.5) is 5.69 Å². The molecule has 0 saturated carbocycles. The number of aliphatic imine (C=N–C) groups is 1. The second-order valence-corrected chi connectivity index (χ2v) is 7.02. The van der Waals surface area contributed by atoms with Crippen molar-refractivity contribution < 1.29 is 9.59 Å². The SMILES string of the molecule is Cc1ccc(NC(=O)[C@@H]2CC(=O)NC(N3CCc4ccccc4C3)=N2)cc1. The fourth-order valence-electron chi connectivity index (χ4n) is 3.43. The van der Waals surface area contributed by atoms with Gasteiger partial charge in [-0.05, 0) is 36.6 Å². The van der Waals surface area contributed by atoms with Crippen LogP contribution in [0.25, 0.3) is 0 Å². The number of carbonyl (C=O) groups is 2. The summed E-state index contributed by atoms with van der Waals surface area (Å²) in [6.07, 6.45) is 0.955. The van der Waals surface area contributed by atoms with Gasteiger partial charge < -0.3 is 10.2 Å². The summed E-state index contributed by atoms with van der Waals surface area (Å²) in [5.74, 6) is 0.0522. The Morgan fingerprint density at radius 2 is 1.89 bits per heavy atom. The van der Waals surface area contributed by atoms with E-state index in [1.54, 1.807) is 0 Å². The minimum absolute atomic E-state index is 0.0611. The summed E-state index contributed by atoms with van der Waals surface area (Å²) < 4.78 is 0. The van der Waals surface area contributed by atoms with Crippen LogP contribution in [0.1, 0.15) is 23.1 Å². The van der Waals surface area contributed by atoms with Crippen molar-refractivity contribution in [2.75, 3.05) is 11.9 Å². The highest BCUT2D eigenvalue weighted by Gasteiger charge is 2.30. The first kappa shape index (κ1) is 17.3. The average Bonchev–Trinajstić information content (AvgIpc) is 2.69. The molecule has 0 unspecified atom stereocenters. The standard InChI is InChI=1S/C21H22N4O2/c1-14-6-8-17(9-7-14)22-20(27)18-12-19(26)24-21(23-18)25-11-10-15-4-2-3-5-16(15)13-25/h2-9,18H,10-13H2,1H3,(H,22,27)(H,23,24,26)/t18-/m0/s1. The second kappa shape index (κ2) is 7.23. The molecule has 2 aliphatic heterocycles. The zero-order chi connectivity index (χ0) is 18.8. The molecule has 4 rings (SSSR count). The zero-order valence-electron chi connectivity index (χ0n) is 15.2. The molecule has 6 nitrogen and oxygen atoms in total. The van der Waals surface area contributed by atoms with Crippen molar-refractivity contribution in [3.05, 3.63) is 65.2 Å². The van der Waals surface area contributed by atoms with Gasteiger partial charge in [-0.1, -0.05) is 42.0 Å². The van der Waals surface area contributed by atoms with Gasteiger partial charge in [0.2, 0.25) is 17.8 Å². The Morgan fingerprint density at radius 3 is 2.67 bits per heavy atom. The van der Waals surface area contributed by atoms with Crippen LogP contribution < -0.4 is 10.6 Å². The normalized spacial score (nSPS) is 19.0. The summed E-state index contributed by atoms with van der Waals surface area (Å²) in [6.45, 7) is 3.44. The summed E-state index contributed by atoms with van der Waals surface area (Å²) in [7, 11) is 0. The van der Waals surface area contributed by atoms with E-state index >= 15 is 0 Å². The molecule has 0 aromatic heterocycles. The zero-order valence-corrected chi connectivity index (χ0v) is 15.2. The van der Waals surface area contributed by atoms with Gasteiger partial charge in [-0.15, -0.1) is 0 Å².